The largest absolute Gasteiger partial charge is 0.506 e. The number of primary amides is 1. The molecule has 0 radical (unpaired) electrons. The molecule has 0 spiro atoms. The number of nitrogens with zero attached hydrogens (tertiary/aromatic N) is 7. The number of sulfonamides is 1. The van der Waals surface area contributed by atoms with Crippen LogP contribution in [0.15, 0.2) is 64.2 Å². The molecule has 4 aromatic heterocycles. The number of benzene rings is 2. The van der Waals surface area contributed by atoms with Gasteiger partial charge in [0.1, 0.15) is 5.75 Å². The highest BCUT2D eigenvalue weighted by Crippen LogP contribution is 2.32. The van der Waals surface area contributed by atoms with E-state index in [1.165, 1.54) is 17.0 Å². The van der Waals surface area contributed by atoms with E-state index in [4.69, 9.17) is 27.5 Å². The van der Waals surface area contributed by atoms with Gasteiger partial charge in [-0.1, -0.05) is 17.7 Å². The van der Waals surface area contributed by atoms with Gasteiger partial charge in [0.05, 0.1) is 45.7 Å². The molecule has 18 heteroatoms. The fourth-order valence-electron chi connectivity index (χ4n) is 4.16. The topological polar surface area (TPSA) is 234 Å². The minimum Gasteiger partial charge on any atom is -0.506 e. The summed E-state index contributed by atoms with van der Waals surface area (Å²) in [5.74, 6) is -0.322. The molecule has 0 saturated heterocycles. The number of furan rings is 1. The molecule has 6 aromatic rings. The molecule has 1 amide bonds. The Morgan fingerprint density at radius 3 is 2.74 bits per heavy atom. The van der Waals surface area contributed by atoms with Gasteiger partial charge in [-0.25, -0.2) is 8.42 Å². The third-order valence-corrected chi connectivity index (χ3v) is 7.76. The van der Waals surface area contributed by atoms with Crippen molar-refractivity contribution in [1.82, 2.24) is 34.3 Å². The second-order valence-corrected chi connectivity index (χ2v) is 10.9. The second kappa shape index (κ2) is 10.2. The van der Waals surface area contributed by atoms with Crippen molar-refractivity contribution in [2.75, 3.05) is 22.3 Å². The predicted octanol–water partition coefficient (Wildman–Crippen LogP) is 2.08. The number of aromatic hydroxyl groups is 1. The van der Waals surface area contributed by atoms with Crippen molar-refractivity contribution in [2.45, 2.75) is 11.4 Å². The summed E-state index contributed by atoms with van der Waals surface area (Å²) in [6, 6.07) is 10.4. The van der Waals surface area contributed by atoms with Crippen molar-refractivity contribution in [3.8, 4) is 17.3 Å². The number of fused-ring (bicyclic) bond motifs is 2. The Balaban J connectivity index is 1.19. The molecule has 2 aromatic carbocycles. The standard InChI is InChI=1S/C24H20ClN11O5S/c25-15-10-12(9-13(19(15)37)20(26)38)42(39,40)34-16-3-1-4-17-14(16)11-29-35(17)7-6-28-23-31-22(27)36-24(32-23)30-21(33-36)18-5-2-8-41-18/h1-5,8-11,34,37H,6-7H2,(H2,26,38)(H3,27,28,30,31,32,33). The molecular formula is C24H20ClN11O5S. The number of carbonyl (C=O) groups is 1. The SMILES string of the molecule is NC(=O)c1cc(S(=O)(=O)Nc2cccc3c2cnn3CCNc2nc(N)n3nc(-c4ccco4)nc3n2)cc(Cl)c1O. The summed E-state index contributed by atoms with van der Waals surface area (Å²) < 4.78 is 37.0. The van der Waals surface area contributed by atoms with Crippen molar-refractivity contribution < 1.29 is 22.7 Å². The van der Waals surface area contributed by atoms with Crippen LogP contribution < -0.4 is 21.5 Å². The lowest BCUT2D eigenvalue weighted by Crippen LogP contribution is -2.16. The molecule has 0 saturated carbocycles. The molecule has 0 fully saturated rings. The van der Waals surface area contributed by atoms with Crippen LogP contribution in [0, 0.1) is 0 Å². The fraction of sp³-hybridized carbons (Fsp3) is 0.0833. The highest BCUT2D eigenvalue weighted by molar-refractivity contribution is 7.92. The zero-order valence-corrected chi connectivity index (χ0v) is 22.8. The van der Waals surface area contributed by atoms with E-state index in [1.54, 1.807) is 35.0 Å². The summed E-state index contributed by atoms with van der Waals surface area (Å²) in [7, 11) is -4.23. The second-order valence-electron chi connectivity index (χ2n) is 8.83. The van der Waals surface area contributed by atoms with E-state index in [-0.39, 0.29) is 33.3 Å². The fourth-order valence-corrected chi connectivity index (χ4v) is 5.58. The Morgan fingerprint density at radius 1 is 1.14 bits per heavy atom. The molecule has 42 heavy (non-hydrogen) atoms. The number of aromatic nitrogens is 7. The van der Waals surface area contributed by atoms with Crippen LogP contribution in [0.3, 0.4) is 0 Å². The van der Waals surface area contributed by atoms with Crippen molar-refractivity contribution >= 4 is 61.8 Å². The number of hydrogen-bond donors (Lipinski definition) is 5. The van der Waals surface area contributed by atoms with Crippen LogP contribution in [-0.4, -0.2) is 60.3 Å². The first-order valence-electron chi connectivity index (χ1n) is 12.1. The molecule has 4 heterocycles. The van der Waals surface area contributed by atoms with Gasteiger partial charge in [-0.15, -0.1) is 5.10 Å². The normalized spacial score (nSPS) is 11.7. The minimum absolute atomic E-state index is 0.0761. The van der Waals surface area contributed by atoms with Gasteiger partial charge in [-0.2, -0.15) is 24.6 Å². The maximum Gasteiger partial charge on any atom is 0.261 e. The van der Waals surface area contributed by atoms with Crippen LogP contribution >= 0.6 is 11.6 Å². The lowest BCUT2D eigenvalue weighted by molar-refractivity contribution is 0.0997. The van der Waals surface area contributed by atoms with Crippen LogP contribution in [0.2, 0.25) is 5.02 Å². The number of rotatable bonds is 9. The smallest absolute Gasteiger partial charge is 0.261 e. The Kier molecular flexibility index (Phi) is 6.51. The van der Waals surface area contributed by atoms with Gasteiger partial charge >= 0.3 is 0 Å². The van der Waals surface area contributed by atoms with Gasteiger partial charge in [-0.3, -0.25) is 14.2 Å². The molecular weight excluding hydrogens is 590 g/mol. The lowest BCUT2D eigenvalue weighted by Gasteiger charge is -2.12. The number of anilines is 3. The molecule has 214 valence electrons. The maximum atomic E-state index is 13.1. The summed E-state index contributed by atoms with van der Waals surface area (Å²) in [4.78, 5) is 24.2. The van der Waals surface area contributed by atoms with E-state index in [2.05, 4.69) is 35.2 Å². The number of nitrogen functional groups attached to an aromatic ring is 1. The first-order chi connectivity index (χ1) is 20.1. The minimum atomic E-state index is -4.23. The number of amides is 1. The summed E-state index contributed by atoms with van der Waals surface area (Å²) >= 11 is 5.93. The molecule has 0 aliphatic heterocycles. The highest BCUT2D eigenvalue weighted by atomic mass is 35.5. The Bertz CT molecular complexity index is 2090. The van der Waals surface area contributed by atoms with Crippen LogP contribution in [0.5, 0.6) is 5.75 Å². The molecule has 7 N–H and O–H groups in total. The third kappa shape index (κ3) is 4.86. The molecule has 0 atom stereocenters. The monoisotopic (exact) mass is 609 g/mol. The third-order valence-electron chi connectivity index (χ3n) is 6.13. The van der Waals surface area contributed by atoms with Gasteiger partial charge in [0.15, 0.2) is 5.76 Å². The van der Waals surface area contributed by atoms with Gasteiger partial charge < -0.3 is 26.3 Å². The average molecular weight is 610 g/mol. The lowest BCUT2D eigenvalue weighted by atomic mass is 10.2. The van der Waals surface area contributed by atoms with E-state index in [1.807, 2.05) is 0 Å². The number of nitrogens with two attached hydrogens (primary N) is 2. The number of halogens is 1. The first kappa shape index (κ1) is 26.8. The Morgan fingerprint density at radius 2 is 1.98 bits per heavy atom. The molecule has 0 aliphatic rings. The highest BCUT2D eigenvalue weighted by Gasteiger charge is 2.22. The first-order valence-corrected chi connectivity index (χ1v) is 13.9. The molecule has 6 rings (SSSR count). The van der Waals surface area contributed by atoms with Gasteiger partial charge in [0, 0.05) is 11.9 Å². The predicted molar refractivity (Wildman–Crippen MR) is 151 cm³/mol. The summed E-state index contributed by atoms with van der Waals surface area (Å²) in [6.45, 7) is 0.692. The summed E-state index contributed by atoms with van der Waals surface area (Å²) in [5, 5.41) is 21.8. The molecule has 0 unspecified atom stereocenters. The zero-order chi connectivity index (χ0) is 29.6. The number of nitrogens with one attached hydrogen (secondary N) is 2. The Hall–Kier alpha value is -5.42. The molecule has 0 bridgehead atoms. The molecule has 16 nitrogen and oxygen atoms in total. The van der Waals surface area contributed by atoms with Crippen LogP contribution in [0.25, 0.3) is 28.3 Å². The van der Waals surface area contributed by atoms with Crippen molar-refractivity contribution in [3.63, 3.8) is 0 Å². The summed E-state index contributed by atoms with van der Waals surface area (Å²) in [6.07, 6.45) is 3.02. The maximum absolute atomic E-state index is 13.1. The van der Waals surface area contributed by atoms with E-state index in [0.717, 1.165) is 12.1 Å². The van der Waals surface area contributed by atoms with E-state index < -0.39 is 27.2 Å². The number of hydrogen-bond acceptors (Lipinski definition) is 12. The van der Waals surface area contributed by atoms with Crippen LogP contribution in [-0.2, 0) is 16.6 Å². The van der Waals surface area contributed by atoms with E-state index in [9.17, 15) is 18.3 Å². The average Bonchev–Trinajstić information content (AvgIpc) is 3.70. The van der Waals surface area contributed by atoms with Crippen LogP contribution in [0.4, 0.5) is 17.6 Å². The van der Waals surface area contributed by atoms with Crippen molar-refractivity contribution in [1.29, 1.82) is 0 Å². The number of carbonyl (C=O) groups excluding carboxylic acids is 1. The van der Waals surface area contributed by atoms with Gasteiger partial charge in [-0.05, 0) is 36.4 Å². The zero-order valence-electron chi connectivity index (χ0n) is 21.3. The van der Waals surface area contributed by atoms with Crippen molar-refractivity contribution in [2.24, 2.45) is 5.73 Å². The number of phenols is 1. The molecule has 0 aliphatic carbocycles. The van der Waals surface area contributed by atoms with E-state index >= 15 is 0 Å². The van der Waals surface area contributed by atoms with Gasteiger partial charge in [0.25, 0.3) is 21.7 Å². The summed E-state index contributed by atoms with van der Waals surface area (Å²) in [5.41, 5.74) is 11.7. The van der Waals surface area contributed by atoms with Crippen LogP contribution in [0.1, 0.15) is 10.4 Å². The Labute approximate surface area is 241 Å². The van der Waals surface area contributed by atoms with E-state index in [0.29, 0.717) is 35.6 Å². The van der Waals surface area contributed by atoms with Crippen molar-refractivity contribution in [3.05, 3.63) is 65.5 Å². The quantitative estimate of drug-likeness (QED) is 0.158. The van der Waals surface area contributed by atoms with Gasteiger partial charge in [0.2, 0.25) is 17.7 Å².